The van der Waals surface area contributed by atoms with Gasteiger partial charge in [-0.05, 0) is 43.2 Å². The molecule has 0 saturated carbocycles. The van der Waals surface area contributed by atoms with Gasteiger partial charge >= 0.3 is 0 Å². The van der Waals surface area contributed by atoms with Crippen LogP contribution in [0.25, 0.3) is 10.2 Å². The van der Waals surface area contributed by atoms with Gasteiger partial charge in [0.25, 0.3) is 5.91 Å². The molecular formula is C23H23N3O5S3. The van der Waals surface area contributed by atoms with Crippen molar-refractivity contribution >= 4 is 47.3 Å². The van der Waals surface area contributed by atoms with Gasteiger partial charge in [-0.2, -0.15) is 9.30 Å². The first-order valence-corrected chi connectivity index (χ1v) is 14.7. The zero-order valence-corrected chi connectivity index (χ0v) is 20.9. The topological polar surface area (TPSA) is 106 Å². The van der Waals surface area contributed by atoms with Gasteiger partial charge < -0.3 is 4.57 Å². The zero-order chi connectivity index (χ0) is 24.5. The molecule has 4 rings (SSSR count). The van der Waals surface area contributed by atoms with Gasteiger partial charge in [-0.15, -0.1) is 6.42 Å². The third kappa shape index (κ3) is 4.86. The van der Waals surface area contributed by atoms with Crippen molar-refractivity contribution in [1.82, 2.24) is 8.87 Å². The van der Waals surface area contributed by atoms with E-state index in [2.05, 4.69) is 10.9 Å². The van der Waals surface area contributed by atoms with E-state index in [-0.39, 0.29) is 22.9 Å². The van der Waals surface area contributed by atoms with Crippen LogP contribution in [0, 0.1) is 18.3 Å². The quantitative estimate of drug-likeness (QED) is 0.483. The van der Waals surface area contributed by atoms with Gasteiger partial charge in [0.05, 0.1) is 32.5 Å². The van der Waals surface area contributed by atoms with Crippen molar-refractivity contribution in [2.75, 3.05) is 19.3 Å². The van der Waals surface area contributed by atoms with Crippen molar-refractivity contribution in [3.63, 3.8) is 0 Å². The first kappa shape index (κ1) is 24.3. The van der Waals surface area contributed by atoms with E-state index in [1.54, 1.807) is 34.9 Å². The summed E-state index contributed by atoms with van der Waals surface area (Å²) in [5, 5.41) is 0. The average molecular weight is 518 g/mol. The third-order valence-corrected chi connectivity index (χ3v) is 9.68. The SMILES string of the molecule is C#CCn1c(=NC(=O)C2CCCN(S(=O)(=O)c3ccccc3)C2)sc2cc(S(C)(=O)=O)ccc21. The van der Waals surface area contributed by atoms with Crippen LogP contribution < -0.4 is 4.80 Å². The number of terminal acetylenes is 1. The fraction of sp³-hybridized carbons (Fsp3) is 0.304. The number of benzene rings is 2. The number of nitrogens with zero attached hydrogens (tertiary/aromatic N) is 3. The van der Waals surface area contributed by atoms with Crippen molar-refractivity contribution in [3.8, 4) is 12.3 Å². The summed E-state index contributed by atoms with van der Waals surface area (Å²) in [6, 6.07) is 12.8. The van der Waals surface area contributed by atoms with E-state index < -0.39 is 31.7 Å². The summed E-state index contributed by atoms with van der Waals surface area (Å²) in [7, 11) is -7.10. The lowest BCUT2D eigenvalue weighted by Crippen LogP contribution is -2.42. The van der Waals surface area contributed by atoms with E-state index in [9.17, 15) is 21.6 Å². The summed E-state index contributed by atoms with van der Waals surface area (Å²) in [5.41, 5.74) is 0.679. The number of carbonyl (C=O) groups excluding carboxylic acids is 1. The lowest BCUT2D eigenvalue weighted by atomic mass is 9.99. The van der Waals surface area contributed by atoms with Crippen LogP contribution in [0.5, 0.6) is 0 Å². The summed E-state index contributed by atoms with van der Waals surface area (Å²) in [4.78, 5) is 18.1. The molecule has 8 nitrogen and oxygen atoms in total. The Hall–Kier alpha value is -2.78. The summed E-state index contributed by atoms with van der Waals surface area (Å²) in [6.07, 6.45) is 7.72. The van der Waals surface area contributed by atoms with E-state index in [0.29, 0.717) is 34.4 Å². The summed E-state index contributed by atoms with van der Waals surface area (Å²) >= 11 is 1.17. The highest BCUT2D eigenvalue weighted by Gasteiger charge is 2.33. The molecule has 2 heterocycles. The van der Waals surface area contributed by atoms with Gasteiger partial charge in [0.1, 0.15) is 0 Å². The molecule has 1 unspecified atom stereocenters. The first-order chi connectivity index (χ1) is 16.1. The second-order valence-electron chi connectivity index (χ2n) is 8.04. The van der Waals surface area contributed by atoms with Crippen molar-refractivity contribution in [2.24, 2.45) is 10.9 Å². The average Bonchev–Trinajstić information content (AvgIpc) is 3.15. The number of rotatable bonds is 5. The van der Waals surface area contributed by atoms with E-state index in [4.69, 9.17) is 6.42 Å². The Kier molecular flexibility index (Phi) is 6.78. The lowest BCUT2D eigenvalue weighted by Gasteiger charge is -2.30. The number of sulfone groups is 1. The van der Waals surface area contributed by atoms with E-state index in [1.807, 2.05) is 0 Å². The molecule has 1 aliphatic rings. The smallest absolute Gasteiger partial charge is 0.252 e. The molecule has 0 bridgehead atoms. The molecule has 11 heteroatoms. The van der Waals surface area contributed by atoms with Gasteiger partial charge in [-0.1, -0.05) is 35.5 Å². The highest BCUT2D eigenvalue weighted by Crippen LogP contribution is 2.25. The Morgan fingerprint density at radius 1 is 1.15 bits per heavy atom. The molecule has 1 atom stereocenters. The number of hydrogen-bond acceptors (Lipinski definition) is 6. The maximum absolute atomic E-state index is 13.1. The van der Waals surface area contributed by atoms with Crippen LogP contribution in [0.3, 0.4) is 0 Å². The molecule has 1 amide bonds. The number of carbonyl (C=O) groups is 1. The minimum absolute atomic E-state index is 0.0534. The van der Waals surface area contributed by atoms with Crippen molar-refractivity contribution in [2.45, 2.75) is 29.2 Å². The lowest BCUT2D eigenvalue weighted by molar-refractivity contribution is -0.122. The molecule has 1 aliphatic heterocycles. The summed E-state index contributed by atoms with van der Waals surface area (Å²) in [5.74, 6) is 1.54. The Labute approximate surface area is 202 Å². The molecule has 0 spiro atoms. The molecule has 1 saturated heterocycles. The maximum Gasteiger partial charge on any atom is 0.252 e. The Bertz CT molecular complexity index is 1560. The van der Waals surface area contributed by atoms with Crippen LogP contribution in [-0.4, -0.2) is 51.0 Å². The molecular weight excluding hydrogens is 494 g/mol. The van der Waals surface area contributed by atoms with Gasteiger partial charge in [0, 0.05) is 19.3 Å². The second-order valence-corrected chi connectivity index (χ2v) is 13.0. The number of thiazole rings is 1. The summed E-state index contributed by atoms with van der Waals surface area (Å²) in [6.45, 7) is 0.552. The molecule has 0 radical (unpaired) electrons. The highest BCUT2D eigenvalue weighted by molar-refractivity contribution is 7.90. The van der Waals surface area contributed by atoms with E-state index >= 15 is 0 Å². The van der Waals surface area contributed by atoms with E-state index in [0.717, 1.165) is 6.26 Å². The van der Waals surface area contributed by atoms with Crippen molar-refractivity contribution in [3.05, 3.63) is 53.3 Å². The van der Waals surface area contributed by atoms with E-state index in [1.165, 1.54) is 33.8 Å². The Morgan fingerprint density at radius 3 is 2.56 bits per heavy atom. The predicted molar refractivity (Wildman–Crippen MR) is 130 cm³/mol. The fourth-order valence-electron chi connectivity index (χ4n) is 3.90. The monoisotopic (exact) mass is 517 g/mol. The fourth-order valence-corrected chi connectivity index (χ4v) is 7.24. The largest absolute Gasteiger partial charge is 0.305 e. The highest BCUT2D eigenvalue weighted by atomic mass is 32.2. The normalized spacial score (nSPS) is 18.1. The van der Waals surface area contributed by atoms with Crippen molar-refractivity contribution in [1.29, 1.82) is 0 Å². The minimum Gasteiger partial charge on any atom is -0.305 e. The number of sulfonamides is 1. The Morgan fingerprint density at radius 2 is 1.88 bits per heavy atom. The second kappa shape index (κ2) is 9.46. The van der Waals surface area contributed by atoms with Crippen LogP contribution >= 0.6 is 11.3 Å². The third-order valence-electron chi connectivity index (χ3n) is 5.65. The summed E-state index contributed by atoms with van der Waals surface area (Å²) < 4.78 is 53.5. The number of hydrogen-bond donors (Lipinski definition) is 0. The molecule has 34 heavy (non-hydrogen) atoms. The standard InChI is InChI=1S/C23H23N3O5S3/c1-3-13-26-20-12-11-19(33(2,28)29)15-21(20)32-23(26)24-22(27)17-8-7-14-25(16-17)34(30,31)18-9-5-4-6-10-18/h1,4-6,9-12,15,17H,7-8,13-14,16H2,2H3. The molecule has 0 aliphatic carbocycles. The number of aromatic nitrogens is 1. The molecule has 1 fully saturated rings. The van der Waals surface area contributed by atoms with Crippen LogP contribution in [-0.2, 0) is 31.2 Å². The van der Waals surface area contributed by atoms with Crippen molar-refractivity contribution < 1.29 is 21.6 Å². The van der Waals surface area contributed by atoms with Crippen LogP contribution in [0.2, 0.25) is 0 Å². The number of piperidine rings is 1. The maximum atomic E-state index is 13.1. The molecule has 1 aromatic heterocycles. The van der Waals surface area contributed by atoms with Gasteiger partial charge in [-0.3, -0.25) is 4.79 Å². The van der Waals surface area contributed by atoms with Crippen LogP contribution in [0.15, 0.2) is 63.3 Å². The zero-order valence-electron chi connectivity index (χ0n) is 18.4. The van der Waals surface area contributed by atoms with Gasteiger partial charge in [0.2, 0.25) is 10.0 Å². The number of amides is 1. The van der Waals surface area contributed by atoms with Crippen LogP contribution in [0.1, 0.15) is 12.8 Å². The number of fused-ring (bicyclic) bond motifs is 1. The van der Waals surface area contributed by atoms with Crippen LogP contribution in [0.4, 0.5) is 0 Å². The predicted octanol–water partition coefficient (Wildman–Crippen LogP) is 2.27. The minimum atomic E-state index is -3.70. The molecule has 2 aromatic carbocycles. The molecule has 3 aromatic rings. The van der Waals surface area contributed by atoms with Gasteiger partial charge in [0.15, 0.2) is 14.6 Å². The first-order valence-electron chi connectivity index (χ1n) is 10.5. The Balaban J connectivity index is 1.67. The van der Waals surface area contributed by atoms with Gasteiger partial charge in [-0.25, -0.2) is 16.8 Å². The molecule has 0 N–H and O–H groups in total. The molecule has 178 valence electrons.